The van der Waals surface area contributed by atoms with Gasteiger partial charge in [-0.1, -0.05) is 41.9 Å². The maximum Gasteiger partial charge on any atom is 0.249 e. The van der Waals surface area contributed by atoms with Gasteiger partial charge in [-0.25, -0.2) is 5.84 Å². The molecule has 0 heterocycles. The highest BCUT2D eigenvalue weighted by atomic mass is 35.5. The third-order valence-corrected chi connectivity index (χ3v) is 3.70. The van der Waals surface area contributed by atoms with Gasteiger partial charge in [-0.2, -0.15) is 0 Å². The Morgan fingerprint density at radius 2 is 1.79 bits per heavy atom. The van der Waals surface area contributed by atoms with Crippen LogP contribution in [0, 0.1) is 5.41 Å². The second-order valence-corrected chi connectivity index (χ2v) is 5.48. The van der Waals surface area contributed by atoms with Crippen molar-refractivity contribution in [1.29, 1.82) is 5.41 Å². The first-order valence-electron chi connectivity index (χ1n) is 6.89. The number of nitrogens with two attached hydrogens (primary N) is 3. The molecule has 8 heteroatoms. The smallest absolute Gasteiger partial charge is 0.249 e. The lowest BCUT2D eigenvalue weighted by Gasteiger charge is -2.18. The van der Waals surface area contributed by atoms with E-state index >= 15 is 0 Å². The van der Waals surface area contributed by atoms with Crippen LogP contribution in [0.4, 0.5) is 5.69 Å². The molecule has 0 fully saturated rings. The minimum Gasteiger partial charge on any atom is -0.398 e. The molecule has 2 aromatic carbocycles. The zero-order valence-corrected chi connectivity index (χ0v) is 13.3. The average molecular weight is 346 g/mol. The van der Waals surface area contributed by atoms with Crippen molar-refractivity contribution < 1.29 is 9.59 Å². The van der Waals surface area contributed by atoms with Gasteiger partial charge in [0.2, 0.25) is 5.91 Å². The van der Waals surface area contributed by atoms with Crippen molar-refractivity contribution in [2.24, 2.45) is 11.6 Å². The van der Waals surface area contributed by atoms with Crippen molar-refractivity contribution in [1.82, 2.24) is 5.43 Å². The molecule has 2 aromatic rings. The molecule has 0 saturated heterocycles. The number of rotatable bonds is 5. The van der Waals surface area contributed by atoms with Gasteiger partial charge in [0.1, 0.15) is 11.8 Å². The van der Waals surface area contributed by atoms with E-state index in [9.17, 15) is 9.59 Å². The number of amides is 1. The molecule has 0 aliphatic heterocycles. The molecule has 0 saturated carbocycles. The number of halogens is 1. The van der Waals surface area contributed by atoms with Gasteiger partial charge >= 0.3 is 0 Å². The summed E-state index contributed by atoms with van der Waals surface area (Å²) in [7, 11) is 0. The molecule has 0 spiro atoms. The molecular weight excluding hydrogens is 330 g/mol. The van der Waals surface area contributed by atoms with Gasteiger partial charge in [0.25, 0.3) is 0 Å². The number of nitrogens with one attached hydrogen (secondary N) is 2. The molecule has 0 bridgehead atoms. The van der Waals surface area contributed by atoms with Crippen LogP contribution in [0.1, 0.15) is 27.4 Å². The largest absolute Gasteiger partial charge is 0.398 e. The summed E-state index contributed by atoms with van der Waals surface area (Å²) >= 11 is 6.07. The normalized spacial score (nSPS) is 11.6. The Kier molecular flexibility index (Phi) is 5.18. The van der Waals surface area contributed by atoms with Gasteiger partial charge in [-0.3, -0.25) is 20.4 Å². The summed E-state index contributed by atoms with van der Waals surface area (Å²) in [6, 6.07) is 11.3. The Morgan fingerprint density at radius 3 is 2.33 bits per heavy atom. The molecular formula is C16H16ClN5O2. The Morgan fingerprint density at radius 1 is 1.17 bits per heavy atom. The van der Waals surface area contributed by atoms with Crippen LogP contribution in [0.25, 0.3) is 0 Å². The number of nitrogen functional groups attached to an aromatic ring is 1. The summed E-state index contributed by atoms with van der Waals surface area (Å²) in [5.41, 5.74) is 14.2. The third kappa shape index (κ3) is 3.37. The first kappa shape index (κ1) is 17.5. The van der Waals surface area contributed by atoms with Gasteiger partial charge in [0, 0.05) is 21.8 Å². The SMILES string of the molecule is N=C(N)C(C(=O)NN)c1cc(Cl)cc(C(=O)c2ccccc2)c1N. The summed E-state index contributed by atoms with van der Waals surface area (Å²) in [6.07, 6.45) is 0. The third-order valence-electron chi connectivity index (χ3n) is 3.48. The summed E-state index contributed by atoms with van der Waals surface area (Å²) in [6.45, 7) is 0. The molecule has 0 aliphatic rings. The zero-order valence-electron chi connectivity index (χ0n) is 12.5. The van der Waals surface area contributed by atoms with E-state index in [1.807, 2.05) is 5.43 Å². The highest BCUT2D eigenvalue weighted by Crippen LogP contribution is 2.31. The fourth-order valence-corrected chi connectivity index (χ4v) is 2.57. The van der Waals surface area contributed by atoms with Gasteiger partial charge in [0.15, 0.2) is 5.78 Å². The summed E-state index contributed by atoms with van der Waals surface area (Å²) in [5, 5.41) is 7.80. The molecule has 0 aliphatic carbocycles. The number of carbonyl (C=O) groups excluding carboxylic acids is 2. The number of anilines is 1. The molecule has 8 N–H and O–H groups in total. The van der Waals surface area contributed by atoms with Crippen molar-refractivity contribution in [2.75, 3.05) is 5.73 Å². The highest BCUT2D eigenvalue weighted by molar-refractivity contribution is 6.31. The quantitative estimate of drug-likeness (QED) is 0.105. The van der Waals surface area contributed by atoms with Crippen LogP contribution in [-0.2, 0) is 4.79 Å². The monoisotopic (exact) mass is 345 g/mol. The maximum absolute atomic E-state index is 12.7. The van der Waals surface area contributed by atoms with Gasteiger partial charge < -0.3 is 11.5 Å². The lowest BCUT2D eigenvalue weighted by atomic mass is 9.91. The molecule has 1 unspecified atom stereocenters. The summed E-state index contributed by atoms with van der Waals surface area (Å²) in [5.74, 6) is 2.34. The zero-order chi connectivity index (χ0) is 17.9. The molecule has 124 valence electrons. The number of hydrogen-bond acceptors (Lipinski definition) is 5. The fraction of sp³-hybridized carbons (Fsp3) is 0.0625. The van der Waals surface area contributed by atoms with Crippen molar-refractivity contribution in [3.63, 3.8) is 0 Å². The molecule has 7 nitrogen and oxygen atoms in total. The maximum atomic E-state index is 12.7. The van der Waals surface area contributed by atoms with Gasteiger partial charge in [-0.05, 0) is 17.7 Å². The Labute approximate surface area is 143 Å². The Balaban J connectivity index is 2.61. The van der Waals surface area contributed by atoms with Crippen LogP contribution in [0.15, 0.2) is 42.5 Å². The van der Waals surface area contributed by atoms with Crippen LogP contribution in [0.3, 0.4) is 0 Å². The fourth-order valence-electron chi connectivity index (χ4n) is 2.34. The molecule has 0 radical (unpaired) electrons. The van der Waals surface area contributed by atoms with E-state index in [1.54, 1.807) is 30.3 Å². The molecule has 1 amide bonds. The first-order valence-corrected chi connectivity index (χ1v) is 7.27. The van der Waals surface area contributed by atoms with E-state index in [0.29, 0.717) is 5.56 Å². The number of hydrogen-bond donors (Lipinski definition) is 5. The molecule has 24 heavy (non-hydrogen) atoms. The number of carbonyl (C=O) groups is 2. The number of hydrazine groups is 1. The van der Waals surface area contributed by atoms with Crippen molar-refractivity contribution in [2.45, 2.75) is 5.92 Å². The summed E-state index contributed by atoms with van der Waals surface area (Å²) < 4.78 is 0. The van der Waals surface area contributed by atoms with Crippen LogP contribution >= 0.6 is 11.6 Å². The van der Waals surface area contributed by atoms with Crippen LogP contribution < -0.4 is 22.7 Å². The molecule has 0 aromatic heterocycles. The van der Waals surface area contributed by atoms with E-state index in [1.165, 1.54) is 12.1 Å². The minimum absolute atomic E-state index is 0.0250. The number of ketones is 1. The standard InChI is InChI=1S/C16H16ClN5O2/c17-9-6-10(12(15(19)20)16(24)22-21)13(18)11(7-9)14(23)8-4-2-1-3-5-8/h1-7,12H,18,21H2,(H3,19,20)(H,22,24). The van der Waals surface area contributed by atoms with E-state index in [4.69, 9.17) is 34.3 Å². The van der Waals surface area contributed by atoms with Crippen LogP contribution in [-0.4, -0.2) is 17.5 Å². The number of benzene rings is 2. The highest BCUT2D eigenvalue weighted by Gasteiger charge is 2.28. The Bertz CT molecular complexity index is 808. The summed E-state index contributed by atoms with van der Waals surface area (Å²) in [4.78, 5) is 24.6. The average Bonchev–Trinajstić information content (AvgIpc) is 2.57. The van der Waals surface area contributed by atoms with E-state index in [2.05, 4.69) is 0 Å². The lowest BCUT2D eigenvalue weighted by Crippen LogP contribution is -2.40. The van der Waals surface area contributed by atoms with E-state index in [-0.39, 0.29) is 27.6 Å². The predicted molar refractivity (Wildman–Crippen MR) is 92.7 cm³/mol. The topological polar surface area (TPSA) is 148 Å². The Hall–Kier alpha value is -2.90. The van der Waals surface area contributed by atoms with E-state index < -0.39 is 17.7 Å². The first-order chi connectivity index (χ1) is 11.4. The second-order valence-electron chi connectivity index (χ2n) is 5.05. The van der Waals surface area contributed by atoms with E-state index in [0.717, 1.165) is 0 Å². The molecule has 1 atom stereocenters. The van der Waals surface area contributed by atoms with Crippen molar-refractivity contribution >= 4 is 34.8 Å². The minimum atomic E-state index is -1.24. The van der Waals surface area contributed by atoms with Gasteiger partial charge in [-0.15, -0.1) is 0 Å². The van der Waals surface area contributed by atoms with Crippen LogP contribution in [0.5, 0.6) is 0 Å². The lowest BCUT2D eigenvalue weighted by molar-refractivity contribution is -0.121. The molecule has 2 rings (SSSR count). The predicted octanol–water partition coefficient (Wildman–Crippen LogP) is 1.16. The van der Waals surface area contributed by atoms with Gasteiger partial charge in [0.05, 0.1) is 0 Å². The van der Waals surface area contributed by atoms with Crippen molar-refractivity contribution in [3.8, 4) is 0 Å². The van der Waals surface area contributed by atoms with Crippen LogP contribution in [0.2, 0.25) is 5.02 Å². The van der Waals surface area contributed by atoms with Crippen molar-refractivity contribution in [3.05, 3.63) is 64.2 Å². The number of amidine groups is 1. The second kappa shape index (κ2) is 7.12.